The second-order valence-electron chi connectivity index (χ2n) is 5.26. The quantitative estimate of drug-likeness (QED) is 0.861. The molecule has 1 aromatic rings. The lowest BCUT2D eigenvalue weighted by molar-refractivity contribution is 0.0874. The Bertz CT molecular complexity index is 373. The van der Waals surface area contributed by atoms with Crippen molar-refractivity contribution >= 4 is 0 Å². The zero-order valence-corrected chi connectivity index (χ0v) is 11.2. The van der Waals surface area contributed by atoms with Crippen molar-refractivity contribution in [1.82, 2.24) is 5.32 Å². The number of aliphatic hydroxyl groups excluding tert-OH is 1. The van der Waals surface area contributed by atoms with Gasteiger partial charge in [0.15, 0.2) is 0 Å². The van der Waals surface area contributed by atoms with Crippen molar-refractivity contribution in [2.24, 2.45) is 5.92 Å². The monoisotopic (exact) mass is 249 g/mol. The van der Waals surface area contributed by atoms with E-state index in [0.29, 0.717) is 0 Å². The minimum absolute atomic E-state index is 0.128. The average molecular weight is 249 g/mol. The van der Waals surface area contributed by atoms with Crippen LogP contribution < -0.4 is 10.1 Å². The second kappa shape index (κ2) is 6.21. The maximum atomic E-state index is 10.5. The number of para-hydroxylation sites is 1. The summed E-state index contributed by atoms with van der Waals surface area (Å²) in [5.41, 5.74) is 0.917. The van der Waals surface area contributed by atoms with Crippen LogP contribution in [0.4, 0.5) is 0 Å². The smallest absolute Gasteiger partial charge is 0.125 e. The van der Waals surface area contributed by atoms with E-state index >= 15 is 0 Å². The highest BCUT2D eigenvalue weighted by molar-refractivity contribution is 5.35. The first kappa shape index (κ1) is 13.4. The van der Waals surface area contributed by atoms with Gasteiger partial charge < -0.3 is 15.2 Å². The molecule has 0 amide bonds. The summed E-state index contributed by atoms with van der Waals surface area (Å²) in [7, 11) is 0. The van der Waals surface area contributed by atoms with Crippen LogP contribution in [0.2, 0.25) is 0 Å². The van der Waals surface area contributed by atoms with Crippen LogP contribution in [0.15, 0.2) is 24.3 Å². The molecule has 3 nitrogen and oxygen atoms in total. The number of piperidine rings is 1. The predicted molar refractivity (Wildman–Crippen MR) is 72.8 cm³/mol. The third-order valence-electron chi connectivity index (χ3n) is 3.38. The van der Waals surface area contributed by atoms with Crippen LogP contribution in [0.1, 0.15) is 38.4 Å². The average Bonchev–Trinajstić information content (AvgIpc) is 2.39. The van der Waals surface area contributed by atoms with Gasteiger partial charge in [-0.1, -0.05) is 18.2 Å². The van der Waals surface area contributed by atoms with Crippen molar-refractivity contribution in [3.05, 3.63) is 29.8 Å². The fourth-order valence-electron chi connectivity index (χ4n) is 2.49. The maximum absolute atomic E-state index is 10.5. The number of nitrogens with one attached hydrogen (secondary N) is 1. The van der Waals surface area contributed by atoms with E-state index in [1.54, 1.807) is 0 Å². The molecular formula is C15H23NO2. The molecular weight excluding hydrogens is 226 g/mol. The molecule has 3 heteroatoms. The molecule has 2 unspecified atom stereocenters. The van der Waals surface area contributed by atoms with Gasteiger partial charge in [-0.15, -0.1) is 0 Å². The maximum Gasteiger partial charge on any atom is 0.125 e. The SMILES string of the molecule is CC(C)Oc1ccccc1C(O)C1CCCNC1. The van der Waals surface area contributed by atoms with Crippen LogP contribution in [0.5, 0.6) is 5.75 Å². The van der Waals surface area contributed by atoms with Gasteiger partial charge in [0.1, 0.15) is 5.75 Å². The molecule has 0 radical (unpaired) electrons. The lowest BCUT2D eigenvalue weighted by Gasteiger charge is -2.28. The van der Waals surface area contributed by atoms with E-state index in [1.165, 1.54) is 0 Å². The molecule has 1 heterocycles. The molecule has 1 aliphatic heterocycles. The van der Waals surface area contributed by atoms with Gasteiger partial charge in [-0.3, -0.25) is 0 Å². The molecule has 1 aromatic carbocycles. The van der Waals surface area contributed by atoms with E-state index in [0.717, 1.165) is 37.2 Å². The Labute approximate surface area is 109 Å². The van der Waals surface area contributed by atoms with Crippen LogP contribution in [-0.4, -0.2) is 24.3 Å². The standard InChI is InChI=1S/C15H23NO2/c1-11(2)18-14-8-4-3-7-13(14)15(17)12-6-5-9-16-10-12/h3-4,7-8,11-12,15-17H,5-6,9-10H2,1-2H3. The second-order valence-corrected chi connectivity index (χ2v) is 5.26. The van der Waals surface area contributed by atoms with E-state index in [2.05, 4.69) is 5.32 Å². The summed E-state index contributed by atoms with van der Waals surface area (Å²) in [5.74, 6) is 1.10. The molecule has 2 atom stereocenters. The number of ether oxygens (including phenoxy) is 1. The third-order valence-corrected chi connectivity index (χ3v) is 3.38. The minimum Gasteiger partial charge on any atom is -0.491 e. The lowest BCUT2D eigenvalue weighted by atomic mass is 9.89. The van der Waals surface area contributed by atoms with Crippen LogP contribution >= 0.6 is 0 Å². The summed E-state index contributed by atoms with van der Waals surface area (Å²) in [6.07, 6.45) is 1.90. The Morgan fingerprint density at radius 3 is 2.78 bits per heavy atom. The molecule has 1 fully saturated rings. The molecule has 2 N–H and O–H groups in total. The van der Waals surface area contributed by atoms with E-state index in [-0.39, 0.29) is 12.0 Å². The summed E-state index contributed by atoms with van der Waals surface area (Å²) in [5, 5.41) is 13.9. The molecule has 18 heavy (non-hydrogen) atoms. The summed E-state index contributed by atoms with van der Waals surface area (Å²) < 4.78 is 5.78. The summed E-state index contributed by atoms with van der Waals surface area (Å²) in [6.45, 7) is 5.96. The van der Waals surface area contributed by atoms with Crippen molar-refractivity contribution in [3.63, 3.8) is 0 Å². The Morgan fingerprint density at radius 2 is 2.11 bits per heavy atom. The predicted octanol–water partition coefficient (Wildman–Crippen LogP) is 2.51. The van der Waals surface area contributed by atoms with Crippen LogP contribution in [0.25, 0.3) is 0 Å². The Balaban J connectivity index is 2.15. The number of hydrogen-bond donors (Lipinski definition) is 2. The minimum atomic E-state index is -0.437. The number of hydrogen-bond acceptors (Lipinski definition) is 3. The van der Waals surface area contributed by atoms with Gasteiger partial charge in [-0.2, -0.15) is 0 Å². The van der Waals surface area contributed by atoms with Gasteiger partial charge in [0.25, 0.3) is 0 Å². The lowest BCUT2D eigenvalue weighted by Crippen LogP contribution is -2.33. The first-order valence-corrected chi connectivity index (χ1v) is 6.83. The normalized spacial score (nSPS) is 21.9. The molecule has 0 bridgehead atoms. The molecule has 1 aliphatic rings. The van der Waals surface area contributed by atoms with Crippen molar-refractivity contribution < 1.29 is 9.84 Å². The largest absolute Gasteiger partial charge is 0.491 e. The van der Waals surface area contributed by atoms with E-state index < -0.39 is 6.10 Å². The van der Waals surface area contributed by atoms with E-state index in [4.69, 9.17) is 4.74 Å². The van der Waals surface area contributed by atoms with Gasteiger partial charge in [0, 0.05) is 18.0 Å². The van der Waals surface area contributed by atoms with Gasteiger partial charge in [-0.05, 0) is 39.3 Å². The zero-order valence-electron chi connectivity index (χ0n) is 11.2. The van der Waals surface area contributed by atoms with Gasteiger partial charge >= 0.3 is 0 Å². The summed E-state index contributed by atoms with van der Waals surface area (Å²) in [6, 6.07) is 7.82. The van der Waals surface area contributed by atoms with E-state index in [1.807, 2.05) is 38.1 Å². The fraction of sp³-hybridized carbons (Fsp3) is 0.600. The summed E-state index contributed by atoms with van der Waals surface area (Å²) in [4.78, 5) is 0. The summed E-state index contributed by atoms with van der Waals surface area (Å²) >= 11 is 0. The Morgan fingerprint density at radius 1 is 1.33 bits per heavy atom. The number of rotatable bonds is 4. The van der Waals surface area contributed by atoms with Crippen molar-refractivity contribution in [3.8, 4) is 5.75 Å². The highest BCUT2D eigenvalue weighted by atomic mass is 16.5. The Hall–Kier alpha value is -1.06. The first-order chi connectivity index (χ1) is 8.68. The molecule has 1 saturated heterocycles. The van der Waals surface area contributed by atoms with Crippen molar-refractivity contribution in [2.75, 3.05) is 13.1 Å². The van der Waals surface area contributed by atoms with Crippen LogP contribution in [0, 0.1) is 5.92 Å². The van der Waals surface area contributed by atoms with Gasteiger partial charge in [0.2, 0.25) is 0 Å². The van der Waals surface area contributed by atoms with Crippen molar-refractivity contribution in [1.29, 1.82) is 0 Å². The number of benzene rings is 1. The van der Waals surface area contributed by atoms with Crippen LogP contribution in [-0.2, 0) is 0 Å². The third kappa shape index (κ3) is 3.24. The van der Waals surface area contributed by atoms with Crippen molar-refractivity contribution in [2.45, 2.75) is 38.9 Å². The fourth-order valence-corrected chi connectivity index (χ4v) is 2.49. The topological polar surface area (TPSA) is 41.5 Å². The van der Waals surface area contributed by atoms with Crippen LogP contribution in [0.3, 0.4) is 0 Å². The Kier molecular flexibility index (Phi) is 4.61. The molecule has 2 rings (SSSR count). The molecule has 0 saturated carbocycles. The molecule has 0 aliphatic carbocycles. The highest BCUT2D eigenvalue weighted by Gasteiger charge is 2.25. The van der Waals surface area contributed by atoms with Gasteiger partial charge in [-0.25, -0.2) is 0 Å². The first-order valence-electron chi connectivity index (χ1n) is 6.83. The number of aliphatic hydroxyl groups is 1. The molecule has 0 spiro atoms. The molecule has 100 valence electrons. The highest BCUT2D eigenvalue weighted by Crippen LogP contribution is 2.33. The molecule has 0 aromatic heterocycles. The van der Waals surface area contributed by atoms with E-state index in [9.17, 15) is 5.11 Å². The van der Waals surface area contributed by atoms with Gasteiger partial charge in [0.05, 0.1) is 12.2 Å². The zero-order chi connectivity index (χ0) is 13.0.